The molecule has 1 saturated heterocycles. The normalized spacial score (nSPS) is 15.3. The van der Waals surface area contributed by atoms with Gasteiger partial charge < -0.3 is 15.0 Å². The van der Waals surface area contributed by atoms with E-state index in [0.717, 1.165) is 18.8 Å². The molecule has 1 aliphatic heterocycles. The van der Waals surface area contributed by atoms with Gasteiger partial charge in [-0.05, 0) is 50.5 Å². The Balaban J connectivity index is 1.49. The molecular formula is C18H23N5O3. The summed E-state index contributed by atoms with van der Waals surface area (Å²) in [5.74, 6) is -0.916. The topological polar surface area (TPSA) is 89.4 Å². The van der Waals surface area contributed by atoms with Crippen molar-refractivity contribution in [1.29, 1.82) is 0 Å². The fraction of sp³-hybridized carbons (Fsp3) is 0.444. The van der Waals surface area contributed by atoms with E-state index in [-0.39, 0.29) is 12.5 Å². The SMILES string of the molecule is CC(OC(=O)Cn1cncn1)C(=O)Nc1ccc(N2CCCCC2)cc1. The van der Waals surface area contributed by atoms with Gasteiger partial charge in [0.15, 0.2) is 6.10 Å². The second-order valence-corrected chi connectivity index (χ2v) is 6.31. The number of nitrogens with zero attached hydrogens (tertiary/aromatic N) is 4. The number of hydrogen-bond donors (Lipinski definition) is 1. The van der Waals surface area contributed by atoms with Crippen molar-refractivity contribution in [3.63, 3.8) is 0 Å². The van der Waals surface area contributed by atoms with Gasteiger partial charge in [0.1, 0.15) is 19.2 Å². The number of piperidine rings is 1. The van der Waals surface area contributed by atoms with Gasteiger partial charge in [0.2, 0.25) is 0 Å². The zero-order chi connectivity index (χ0) is 18.4. The Kier molecular flexibility index (Phi) is 5.83. The van der Waals surface area contributed by atoms with E-state index in [9.17, 15) is 9.59 Å². The Bertz CT molecular complexity index is 724. The van der Waals surface area contributed by atoms with E-state index in [1.54, 1.807) is 0 Å². The van der Waals surface area contributed by atoms with Crippen LogP contribution in [0.5, 0.6) is 0 Å². The molecule has 0 aliphatic carbocycles. The van der Waals surface area contributed by atoms with Gasteiger partial charge in [-0.25, -0.2) is 9.67 Å². The molecule has 1 amide bonds. The highest BCUT2D eigenvalue weighted by molar-refractivity contribution is 5.95. The summed E-state index contributed by atoms with van der Waals surface area (Å²) in [4.78, 5) is 30.1. The van der Waals surface area contributed by atoms with Crippen LogP contribution in [0, 0.1) is 0 Å². The average molecular weight is 357 g/mol. The van der Waals surface area contributed by atoms with Crippen LogP contribution >= 0.6 is 0 Å². The Hall–Kier alpha value is -2.90. The highest BCUT2D eigenvalue weighted by Crippen LogP contribution is 2.21. The van der Waals surface area contributed by atoms with E-state index in [2.05, 4.69) is 20.3 Å². The van der Waals surface area contributed by atoms with Gasteiger partial charge in [-0.2, -0.15) is 5.10 Å². The molecular weight excluding hydrogens is 334 g/mol. The van der Waals surface area contributed by atoms with Gasteiger partial charge in [-0.1, -0.05) is 0 Å². The monoisotopic (exact) mass is 357 g/mol. The fourth-order valence-corrected chi connectivity index (χ4v) is 2.89. The third-order valence-electron chi connectivity index (χ3n) is 4.29. The lowest BCUT2D eigenvalue weighted by Crippen LogP contribution is -2.31. The van der Waals surface area contributed by atoms with Crippen molar-refractivity contribution in [2.75, 3.05) is 23.3 Å². The minimum absolute atomic E-state index is 0.0812. The zero-order valence-electron chi connectivity index (χ0n) is 14.8. The number of amides is 1. The van der Waals surface area contributed by atoms with E-state index in [1.807, 2.05) is 24.3 Å². The molecule has 138 valence electrons. The second-order valence-electron chi connectivity index (χ2n) is 6.31. The van der Waals surface area contributed by atoms with Crippen LogP contribution in [0.1, 0.15) is 26.2 Å². The summed E-state index contributed by atoms with van der Waals surface area (Å²) in [5, 5.41) is 6.59. The molecule has 26 heavy (non-hydrogen) atoms. The van der Waals surface area contributed by atoms with Crippen molar-refractivity contribution in [1.82, 2.24) is 14.8 Å². The number of aromatic nitrogens is 3. The Morgan fingerprint density at radius 2 is 1.92 bits per heavy atom. The molecule has 1 aliphatic rings. The highest BCUT2D eigenvalue weighted by Gasteiger charge is 2.18. The number of nitrogens with one attached hydrogen (secondary N) is 1. The summed E-state index contributed by atoms with van der Waals surface area (Å²) in [6.45, 7) is 3.60. The van der Waals surface area contributed by atoms with Crippen LogP contribution in [0.25, 0.3) is 0 Å². The van der Waals surface area contributed by atoms with Crippen LogP contribution in [-0.2, 0) is 20.9 Å². The molecule has 0 bridgehead atoms. The van der Waals surface area contributed by atoms with Gasteiger partial charge in [0, 0.05) is 24.5 Å². The maximum absolute atomic E-state index is 12.2. The molecule has 1 unspecified atom stereocenters. The summed E-state index contributed by atoms with van der Waals surface area (Å²) >= 11 is 0. The molecule has 1 N–H and O–H groups in total. The first kappa shape index (κ1) is 17.9. The zero-order valence-corrected chi connectivity index (χ0v) is 14.8. The molecule has 1 atom stereocenters. The van der Waals surface area contributed by atoms with Gasteiger partial charge >= 0.3 is 5.97 Å². The lowest BCUT2D eigenvalue weighted by molar-refractivity contribution is -0.153. The molecule has 1 aromatic heterocycles. The van der Waals surface area contributed by atoms with Gasteiger partial charge in [-0.15, -0.1) is 0 Å². The smallest absolute Gasteiger partial charge is 0.328 e. The fourth-order valence-electron chi connectivity index (χ4n) is 2.89. The van der Waals surface area contributed by atoms with E-state index in [0.29, 0.717) is 5.69 Å². The largest absolute Gasteiger partial charge is 0.451 e. The van der Waals surface area contributed by atoms with Gasteiger partial charge in [0.25, 0.3) is 5.91 Å². The van der Waals surface area contributed by atoms with Crippen molar-refractivity contribution in [2.24, 2.45) is 0 Å². The van der Waals surface area contributed by atoms with Crippen molar-refractivity contribution in [3.8, 4) is 0 Å². The minimum Gasteiger partial charge on any atom is -0.451 e. The molecule has 8 heteroatoms. The summed E-state index contributed by atoms with van der Waals surface area (Å²) in [6, 6.07) is 7.74. The molecule has 2 heterocycles. The predicted octanol–water partition coefficient (Wildman–Crippen LogP) is 1.84. The quantitative estimate of drug-likeness (QED) is 0.794. The van der Waals surface area contributed by atoms with Gasteiger partial charge in [0.05, 0.1) is 0 Å². The first-order valence-electron chi connectivity index (χ1n) is 8.79. The predicted molar refractivity (Wildman–Crippen MR) is 96.7 cm³/mol. The number of carbonyl (C=O) groups excluding carboxylic acids is 2. The third-order valence-corrected chi connectivity index (χ3v) is 4.29. The number of benzene rings is 1. The van der Waals surface area contributed by atoms with Crippen LogP contribution in [-0.4, -0.2) is 45.8 Å². The van der Waals surface area contributed by atoms with Crippen LogP contribution in [0.3, 0.4) is 0 Å². The molecule has 1 fully saturated rings. The summed E-state index contributed by atoms with van der Waals surface area (Å²) < 4.78 is 6.47. The van der Waals surface area contributed by atoms with Crippen molar-refractivity contribution in [3.05, 3.63) is 36.9 Å². The number of rotatable bonds is 6. The molecule has 8 nitrogen and oxygen atoms in total. The first-order valence-corrected chi connectivity index (χ1v) is 8.79. The van der Waals surface area contributed by atoms with E-state index in [4.69, 9.17) is 4.74 Å². The second kappa shape index (κ2) is 8.46. The summed E-state index contributed by atoms with van der Waals surface area (Å²) in [7, 11) is 0. The summed E-state index contributed by atoms with van der Waals surface area (Å²) in [6.07, 6.45) is 5.57. The molecule has 3 rings (SSSR count). The van der Waals surface area contributed by atoms with E-state index < -0.39 is 12.1 Å². The molecule has 0 saturated carbocycles. The van der Waals surface area contributed by atoms with Crippen LogP contribution in [0.15, 0.2) is 36.9 Å². The average Bonchev–Trinajstić information content (AvgIpc) is 3.16. The van der Waals surface area contributed by atoms with Crippen molar-refractivity contribution >= 4 is 23.3 Å². The van der Waals surface area contributed by atoms with Crippen LogP contribution in [0.2, 0.25) is 0 Å². The Morgan fingerprint density at radius 1 is 1.19 bits per heavy atom. The minimum atomic E-state index is -0.896. The third kappa shape index (κ3) is 4.81. The Labute approximate surface area is 152 Å². The molecule has 1 aromatic carbocycles. The number of hydrogen-bond acceptors (Lipinski definition) is 6. The highest BCUT2D eigenvalue weighted by atomic mass is 16.5. The number of carbonyl (C=O) groups is 2. The standard InChI is InChI=1S/C18H23N5O3/c1-14(26-17(24)11-23-13-19-12-20-23)18(25)21-15-5-7-16(8-6-15)22-9-3-2-4-10-22/h5-8,12-14H,2-4,9-11H2,1H3,(H,21,25). The molecule has 0 spiro atoms. The summed E-state index contributed by atoms with van der Waals surface area (Å²) in [5.41, 5.74) is 1.84. The maximum Gasteiger partial charge on any atom is 0.328 e. The molecule has 2 aromatic rings. The first-order chi connectivity index (χ1) is 12.6. The van der Waals surface area contributed by atoms with Crippen molar-refractivity contribution in [2.45, 2.75) is 38.8 Å². The molecule has 0 radical (unpaired) electrons. The lowest BCUT2D eigenvalue weighted by atomic mass is 10.1. The Morgan fingerprint density at radius 3 is 2.58 bits per heavy atom. The van der Waals surface area contributed by atoms with Crippen LogP contribution in [0.4, 0.5) is 11.4 Å². The maximum atomic E-state index is 12.2. The van der Waals surface area contributed by atoms with Crippen molar-refractivity contribution < 1.29 is 14.3 Å². The number of ether oxygens (including phenoxy) is 1. The van der Waals surface area contributed by atoms with Gasteiger partial charge in [-0.3, -0.25) is 9.59 Å². The lowest BCUT2D eigenvalue weighted by Gasteiger charge is -2.28. The van der Waals surface area contributed by atoms with E-state index >= 15 is 0 Å². The number of anilines is 2. The van der Waals surface area contributed by atoms with E-state index in [1.165, 1.54) is 43.5 Å². The van der Waals surface area contributed by atoms with Crippen LogP contribution < -0.4 is 10.2 Å². The number of esters is 1.